The van der Waals surface area contributed by atoms with Crippen molar-refractivity contribution in [3.05, 3.63) is 69.5 Å². The number of Topliss-reactive ketones (excluding diaryl/α,β-unsaturated/α-hetero) is 1. The molecule has 9 heteroatoms. The van der Waals surface area contributed by atoms with E-state index in [0.717, 1.165) is 11.4 Å². The van der Waals surface area contributed by atoms with Crippen LogP contribution in [0.15, 0.2) is 50.9 Å². The lowest BCUT2D eigenvalue weighted by Gasteiger charge is -2.14. The van der Waals surface area contributed by atoms with Crippen LogP contribution in [0.5, 0.6) is 0 Å². The second-order valence-electron chi connectivity index (χ2n) is 8.77. The zero-order valence-corrected chi connectivity index (χ0v) is 21.5. The molecule has 0 aliphatic heterocycles. The van der Waals surface area contributed by atoms with Gasteiger partial charge >= 0.3 is 0 Å². The van der Waals surface area contributed by atoms with Crippen LogP contribution in [-0.2, 0) is 11.3 Å². The Morgan fingerprint density at radius 3 is 2.66 bits per heavy atom. The van der Waals surface area contributed by atoms with E-state index in [1.54, 1.807) is 10.6 Å². The van der Waals surface area contributed by atoms with Crippen LogP contribution in [0.25, 0.3) is 16.7 Å². The van der Waals surface area contributed by atoms with Crippen molar-refractivity contribution in [1.29, 1.82) is 0 Å². The van der Waals surface area contributed by atoms with Crippen molar-refractivity contribution in [2.24, 2.45) is 0 Å². The maximum absolute atomic E-state index is 13.2. The normalized spacial score (nSPS) is 11.6. The summed E-state index contributed by atoms with van der Waals surface area (Å²) in [7, 11) is 0. The van der Waals surface area contributed by atoms with Gasteiger partial charge in [-0.2, -0.15) is 0 Å². The fourth-order valence-electron chi connectivity index (χ4n) is 4.06. The fraction of sp³-hybridized carbons (Fsp3) is 0.385. The maximum atomic E-state index is 13.2. The van der Waals surface area contributed by atoms with E-state index in [1.165, 1.54) is 11.8 Å². The van der Waals surface area contributed by atoms with Crippen LogP contribution in [-0.4, -0.2) is 43.5 Å². The number of carbonyl (C=O) groups excluding carboxylic acids is 1. The highest BCUT2D eigenvalue weighted by Gasteiger charge is 2.20. The first-order chi connectivity index (χ1) is 16.8. The van der Waals surface area contributed by atoms with E-state index in [4.69, 9.17) is 14.2 Å². The number of rotatable bonds is 10. The van der Waals surface area contributed by atoms with Gasteiger partial charge in [0.15, 0.2) is 16.8 Å². The van der Waals surface area contributed by atoms with Gasteiger partial charge in [0.2, 0.25) is 0 Å². The lowest BCUT2D eigenvalue weighted by Crippen LogP contribution is -2.24. The van der Waals surface area contributed by atoms with Gasteiger partial charge in [-0.15, -0.1) is 0 Å². The summed E-state index contributed by atoms with van der Waals surface area (Å²) in [5.74, 6) is 1.48. The number of hydrogen-bond acceptors (Lipinski definition) is 7. The molecule has 0 saturated carbocycles. The molecule has 0 spiro atoms. The standard InChI is InChI=1S/C26H30N4O4S/c1-16(2)33-12-8-11-29-25(32)20-9-6-7-10-22(20)27-26(29)35-15-23(31)21-13-17(3)30(19(21)5)24-14-18(4)34-28-24/h6-7,9-10,13-14,16H,8,11-12,15H2,1-5H3. The zero-order valence-electron chi connectivity index (χ0n) is 20.7. The van der Waals surface area contributed by atoms with E-state index >= 15 is 0 Å². The van der Waals surface area contributed by atoms with Gasteiger partial charge in [-0.3, -0.25) is 18.7 Å². The number of ether oxygens (including phenoxy) is 1. The average Bonchev–Trinajstić information content (AvgIpc) is 3.37. The molecule has 3 aromatic heterocycles. The molecule has 0 unspecified atom stereocenters. The number of ketones is 1. The molecule has 0 bridgehead atoms. The van der Waals surface area contributed by atoms with E-state index in [1.807, 2.05) is 69.5 Å². The molecular weight excluding hydrogens is 464 g/mol. The zero-order chi connectivity index (χ0) is 25.1. The summed E-state index contributed by atoms with van der Waals surface area (Å²) in [6.45, 7) is 10.7. The monoisotopic (exact) mass is 494 g/mol. The third-order valence-electron chi connectivity index (χ3n) is 5.71. The van der Waals surface area contributed by atoms with E-state index in [-0.39, 0.29) is 23.2 Å². The van der Waals surface area contributed by atoms with Crippen molar-refractivity contribution in [1.82, 2.24) is 19.3 Å². The van der Waals surface area contributed by atoms with Gasteiger partial charge in [-0.25, -0.2) is 4.98 Å². The fourth-order valence-corrected chi connectivity index (χ4v) is 4.97. The molecule has 0 aliphatic carbocycles. The van der Waals surface area contributed by atoms with Crippen molar-refractivity contribution in [2.75, 3.05) is 12.4 Å². The Morgan fingerprint density at radius 1 is 1.17 bits per heavy atom. The molecule has 0 saturated heterocycles. The molecule has 184 valence electrons. The minimum absolute atomic E-state index is 0.0355. The quantitative estimate of drug-likeness (QED) is 0.134. The molecular formula is C26H30N4O4S. The first-order valence-corrected chi connectivity index (χ1v) is 12.6. The summed E-state index contributed by atoms with van der Waals surface area (Å²) in [4.78, 5) is 31.2. The molecule has 0 atom stereocenters. The molecule has 0 amide bonds. The van der Waals surface area contributed by atoms with Gasteiger partial charge < -0.3 is 9.26 Å². The summed E-state index contributed by atoms with van der Waals surface area (Å²) in [5.41, 5.74) is 2.85. The second-order valence-corrected chi connectivity index (χ2v) is 9.71. The van der Waals surface area contributed by atoms with Crippen molar-refractivity contribution in [3.8, 4) is 5.82 Å². The molecule has 4 aromatic rings. The highest BCUT2D eigenvalue weighted by atomic mass is 32.2. The minimum Gasteiger partial charge on any atom is -0.379 e. The van der Waals surface area contributed by atoms with E-state index in [0.29, 0.717) is 52.8 Å². The lowest BCUT2D eigenvalue weighted by molar-refractivity contribution is 0.0743. The van der Waals surface area contributed by atoms with Crippen molar-refractivity contribution < 1.29 is 14.1 Å². The number of para-hydroxylation sites is 1. The van der Waals surface area contributed by atoms with Crippen LogP contribution in [0.3, 0.4) is 0 Å². The third kappa shape index (κ3) is 5.41. The van der Waals surface area contributed by atoms with Gasteiger partial charge in [-0.05, 0) is 59.2 Å². The van der Waals surface area contributed by atoms with Crippen LogP contribution >= 0.6 is 11.8 Å². The largest absolute Gasteiger partial charge is 0.379 e. The SMILES string of the molecule is Cc1cc(-n2c(C)cc(C(=O)CSc3nc4ccccc4c(=O)n3CCCOC(C)C)c2C)no1. The van der Waals surface area contributed by atoms with Crippen LogP contribution < -0.4 is 5.56 Å². The second kappa shape index (κ2) is 10.6. The smallest absolute Gasteiger partial charge is 0.262 e. The summed E-state index contributed by atoms with van der Waals surface area (Å²) < 4.78 is 14.4. The topological polar surface area (TPSA) is 92.2 Å². The van der Waals surface area contributed by atoms with Gasteiger partial charge in [0.1, 0.15) is 5.76 Å². The predicted octanol–water partition coefficient (Wildman–Crippen LogP) is 4.89. The first kappa shape index (κ1) is 24.9. The van der Waals surface area contributed by atoms with Crippen LogP contribution in [0, 0.1) is 20.8 Å². The van der Waals surface area contributed by atoms with E-state index in [9.17, 15) is 9.59 Å². The Balaban J connectivity index is 1.58. The Morgan fingerprint density at radius 2 is 1.94 bits per heavy atom. The van der Waals surface area contributed by atoms with Gasteiger partial charge in [0, 0.05) is 36.2 Å². The maximum Gasteiger partial charge on any atom is 0.262 e. The Labute approximate surface area is 208 Å². The predicted molar refractivity (Wildman–Crippen MR) is 137 cm³/mol. The van der Waals surface area contributed by atoms with Crippen LogP contribution in [0.4, 0.5) is 0 Å². The average molecular weight is 495 g/mol. The van der Waals surface area contributed by atoms with Crippen molar-refractivity contribution in [2.45, 2.75) is 58.8 Å². The Hall–Kier alpha value is -3.17. The number of aryl methyl sites for hydroxylation is 2. The molecule has 3 heterocycles. The first-order valence-electron chi connectivity index (χ1n) is 11.7. The molecule has 0 N–H and O–H groups in total. The number of fused-ring (bicyclic) bond motifs is 1. The van der Waals surface area contributed by atoms with Crippen LogP contribution in [0.1, 0.15) is 47.8 Å². The molecule has 1 aromatic carbocycles. The minimum atomic E-state index is -0.102. The van der Waals surface area contributed by atoms with Crippen LogP contribution in [0.2, 0.25) is 0 Å². The van der Waals surface area contributed by atoms with E-state index < -0.39 is 0 Å². The number of benzene rings is 1. The summed E-state index contributed by atoms with van der Waals surface area (Å²) in [6.07, 6.45) is 0.811. The molecule has 0 radical (unpaired) electrons. The Kier molecular flexibility index (Phi) is 7.57. The number of nitrogens with zero attached hydrogens (tertiary/aromatic N) is 4. The highest BCUT2D eigenvalue weighted by Crippen LogP contribution is 2.24. The Bertz CT molecular complexity index is 1420. The molecule has 4 rings (SSSR count). The molecule has 0 fully saturated rings. The number of carbonyl (C=O) groups is 1. The summed E-state index contributed by atoms with van der Waals surface area (Å²) in [6, 6.07) is 11.0. The number of hydrogen-bond donors (Lipinski definition) is 0. The highest BCUT2D eigenvalue weighted by molar-refractivity contribution is 7.99. The van der Waals surface area contributed by atoms with Gasteiger partial charge in [0.25, 0.3) is 5.56 Å². The van der Waals surface area contributed by atoms with Gasteiger partial charge in [0.05, 0.1) is 22.8 Å². The molecule has 35 heavy (non-hydrogen) atoms. The number of thioether (sulfide) groups is 1. The molecule has 8 nitrogen and oxygen atoms in total. The summed E-state index contributed by atoms with van der Waals surface area (Å²) >= 11 is 1.29. The lowest BCUT2D eigenvalue weighted by atomic mass is 10.2. The third-order valence-corrected chi connectivity index (χ3v) is 6.69. The van der Waals surface area contributed by atoms with Crippen molar-refractivity contribution >= 4 is 28.4 Å². The number of aromatic nitrogens is 4. The molecule has 0 aliphatic rings. The van der Waals surface area contributed by atoms with Crippen molar-refractivity contribution in [3.63, 3.8) is 0 Å². The summed E-state index contributed by atoms with van der Waals surface area (Å²) in [5, 5.41) is 5.19. The van der Waals surface area contributed by atoms with Gasteiger partial charge in [-0.1, -0.05) is 29.1 Å². The van der Waals surface area contributed by atoms with E-state index in [2.05, 4.69) is 5.16 Å².